The third-order valence-electron chi connectivity index (χ3n) is 4.71. The van der Waals surface area contributed by atoms with Gasteiger partial charge < -0.3 is 20.3 Å². The Morgan fingerprint density at radius 1 is 1.27 bits per heavy atom. The van der Waals surface area contributed by atoms with Crippen LogP contribution >= 0.6 is 24.0 Å². The second-order valence-electron chi connectivity index (χ2n) is 7.24. The van der Waals surface area contributed by atoms with Gasteiger partial charge in [0.15, 0.2) is 6.73 Å². The quantitative estimate of drug-likeness (QED) is 0.616. The summed E-state index contributed by atoms with van der Waals surface area (Å²) >= 11 is 6.20. The Labute approximate surface area is 184 Å². The molecule has 30 heavy (non-hydrogen) atoms. The van der Waals surface area contributed by atoms with Crippen LogP contribution in [0.4, 0.5) is 8.78 Å². The highest BCUT2D eigenvalue weighted by Crippen LogP contribution is 2.43. The first-order valence-corrected chi connectivity index (χ1v) is 10.7. The summed E-state index contributed by atoms with van der Waals surface area (Å²) in [6.45, 7) is 6.94. The zero-order valence-corrected chi connectivity index (χ0v) is 18.6. The molecule has 1 aromatic heterocycles. The van der Waals surface area contributed by atoms with E-state index in [9.17, 15) is 8.78 Å². The monoisotopic (exact) mass is 450 g/mol. The van der Waals surface area contributed by atoms with Crippen molar-refractivity contribution >= 4 is 29.2 Å². The zero-order chi connectivity index (χ0) is 21.8. The van der Waals surface area contributed by atoms with Gasteiger partial charge in [-0.2, -0.15) is 0 Å². The zero-order valence-electron chi connectivity index (χ0n) is 17.0. The summed E-state index contributed by atoms with van der Waals surface area (Å²) < 4.78 is 33.1. The van der Waals surface area contributed by atoms with Crippen LogP contribution < -0.4 is 5.73 Å². The number of halogens is 2. The molecular formula is C21H24F2N4OS2. The van der Waals surface area contributed by atoms with Gasteiger partial charge in [-0.1, -0.05) is 31.7 Å². The maximum Gasteiger partial charge on any atom is 0.255 e. The molecule has 1 aliphatic heterocycles. The minimum absolute atomic E-state index is 0.0302. The van der Waals surface area contributed by atoms with Gasteiger partial charge >= 0.3 is 0 Å². The largest absolute Gasteiger partial charge is 0.450 e. The number of pyridine rings is 1. The summed E-state index contributed by atoms with van der Waals surface area (Å²) in [7, 11) is 0. The van der Waals surface area contributed by atoms with Crippen molar-refractivity contribution in [3.8, 4) is 0 Å². The van der Waals surface area contributed by atoms with Gasteiger partial charge in [0.2, 0.25) is 0 Å². The van der Waals surface area contributed by atoms with E-state index in [-0.39, 0.29) is 24.0 Å². The fourth-order valence-corrected chi connectivity index (χ4v) is 4.81. The third kappa shape index (κ3) is 5.20. The fraction of sp³-hybridized carbons (Fsp3) is 0.333. The topological polar surface area (TPSA) is 54.6 Å². The van der Waals surface area contributed by atoms with Crippen LogP contribution in [0.25, 0.3) is 0 Å². The third-order valence-corrected chi connectivity index (χ3v) is 5.94. The number of rotatable bonds is 7. The molecule has 0 aliphatic carbocycles. The van der Waals surface area contributed by atoms with Crippen molar-refractivity contribution in [3.05, 3.63) is 70.6 Å². The van der Waals surface area contributed by atoms with E-state index in [0.29, 0.717) is 11.4 Å². The Bertz CT molecular complexity index is 920. The van der Waals surface area contributed by atoms with E-state index in [1.807, 2.05) is 19.1 Å². The first-order valence-electron chi connectivity index (χ1n) is 9.48. The summed E-state index contributed by atoms with van der Waals surface area (Å²) in [5.74, 6) is -1.09. The molecule has 0 fully saturated rings. The number of hydrogen-bond donors (Lipinski definition) is 1. The number of nitrogens with two attached hydrogens (primary N) is 1. The lowest BCUT2D eigenvalue weighted by Gasteiger charge is -2.32. The highest BCUT2D eigenvalue weighted by Gasteiger charge is 2.37. The molecule has 0 saturated heterocycles. The van der Waals surface area contributed by atoms with E-state index in [2.05, 4.69) is 28.6 Å². The Balaban J connectivity index is 2.02. The molecule has 1 atom stereocenters. The summed E-state index contributed by atoms with van der Waals surface area (Å²) in [5, 5.41) is 0.871. The molecule has 0 bridgehead atoms. The van der Waals surface area contributed by atoms with Gasteiger partial charge in [-0.25, -0.2) is 8.78 Å². The van der Waals surface area contributed by atoms with Crippen LogP contribution in [0, 0.1) is 17.6 Å². The van der Waals surface area contributed by atoms with Gasteiger partial charge in [0.1, 0.15) is 17.8 Å². The Hall–Kier alpha value is -2.39. The molecule has 3 rings (SSSR count). The second kappa shape index (κ2) is 9.61. The lowest BCUT2D eigenvalue weighted by molar-refractivity contribution is 0.0678. The number of benzene rings is 1. The molecule has 5 nitrogen and oxygen atoms in total. The molecular weight excluding hydrogens is 426 g/mol. The van der Waals surface area contributed by atoms with E-state index >= 15 is 0 Å². The molecule has 160 valence electrons. The van der Waals surface area contributed by atoms with Gasteiger partial charge in [-0.05, 0) is 48.8 Å². The number of ether oxygens (including phenoxy) is 1. The van der Waals surface area contributed by atoms with Crippen LogP contribution in [0.3, 0.4) is 0 Å². The smallest absolute Gasteiger partial charge is 0.255 e. The Morgan fingerprint density at radius 3 is 2.53 bits per heavy atom. The van der Waals surface area contributed by atoms with Gasteiger partial charge in [0.05, 0.1) is 10.7 Å². The average molecular weight is 451 g/mol. The number of thioether (sulfide) groups is 1. The van der Waals surface area contributed by atoms with E-state index in [4.69, 9.17) is 22.7 Å². The number of aromatic nitrogens is 1. The van der Waals surface area contributed by atoms with Crippen molar-refractivity contribution in [3.63, 3.8) is 0 Å². The van der Waals surface area contributed by atoms with Crippen molar-refractivity contribution in [2.75, 3.05) is 6.73 Å². The average Bonchev–Trinajstić information content (AvgIpc) is 2.92. The highest BCUT2D eigenvalue weighted by molar-refractivity contribution is 8.03. The highest BCUT2D eigenvalue weighted by atomic mass is 32.2. The van der Waals surface area contributed by atoms with Gasteiger partial charge in [0.25, 0.3) is 5.17 Å². The summed E-state index contributed by atoms with van der Waals surface area (Å²) in [5.41, 5.74) is 7.56. The first-order chi connectivity index (χ1) is 14.3. The molecule has 0 radical (unpaired) electrons. The standard InChI is InChI=1S/C21H24F2N4OS2/c1-13(2)19-20(30-18-8-16(22)7-17(23)9-18)26(11-15-5-4-6-25-10-15)14(3)27(19)12-28-21(24)29/h4-10,13-14H,11-12H2,1-3H3,(H2,24,29). The van der Waals surface area contributed by atoms with Crippen molar-refractivity contribution in [2.24, 2.45) is 11.7 Å². The van der Waals surface area contributed by atoms with Crippen LogP contribution in [0.5, 0.6) is 0 Å². The van der Waals surface area contributed by atoms with Crippen molar-refractivity contribution in [1.29, 1.82) is 0 Å². The molecule has 2 N–H and O–H groups in total. The van der Waals surface area contributed by atoms with Crippen LogP contribution in [-0.4, -0.2) is 32.9 Å². The molecule has 1 aliphatic rings. The lowest BCUT2D eigenvalue weighted by atomic mass is 10.1. The number of thiocarbonyl (C=S) groups is 1. The molecule has 2 aromatic rings. The first kappa shape index (κ1) is 22.3. The van der Waals surface area contributed by atoms with Gasteiger partial charge in [-0.3, -0.25) is 4.98 Å². The van der Waals surface area contributed by atoms with E-state index in [0.717, 1.165) is 22.4 Å². The normalized spacial score (nSPS) is 16.5. The van der Waals surface area contributed by atoms with E-state index in [1.165, 1.54) is 23.9 Å². The van der Waals surface area contributed by atoms with Crippen LogP contribution in [0.15, 0.2) is 58.3 Å². The number of nitrogens with zero attached hydrogens (tertiary/aromatic N) is 3. The Morgan fingerprint density at radius 2 is 1.97 bits per heavy atom. The van der Waals surface area contributed by atoms with Crippen molar-refractivity contribution in [2.45, 2.75) is 38.4 Å². The minimum atomic E-state index is -0.609. The molecule has 0 saturated carbocycles. The summed E-state index contributed by atoms with van der Waals surface area (Å²) in [4.78, 5) is 8.92. The summed E-state index contributed by atoms with van der Waals surface area (Å²) in [6.07, 6.45) is 3.44. The molecule has 1 aromatic carbocycles. The van der Waals surface area contributed by atoms with Gasteiger partial charge in [-0.15, -0.1) is 0 Å². The number of allylic oxidation sites excluding steroid dienone is 1. The SMILES string of the molecule is CC(C)C1=C(Sc2cc(F)cc(F)c2)N(Cc2cccnc2)C(C)N1COC(N)=S. The van der Waals surface area contributed by atoms with Crippen molar-refractivity contribution in [1.82, 2.24) is 14.8 Å². The minimum Gasteiger partial charge on any atom is -0.450 e. The molecule has 0 amide bonds. The summed E-state index contributed by atoms with van der Waals surface area (Å²) in [6, 6.07) is 7.41. The maximum absolute atomic E-state index is 13.8. The van der Waals surface area contributed by atoms with E-state index in [1.54, 1.807) is 12.4 Å². The van der Waals surface area contributed by atoms with Gasteiger partial charge in [0, 0.05) is 29.9 Å². The Kier molecular flexibility index (Phi) is 7.14. The predicted octanol–water partition coefficient (Wildman–Crippen LogP) is 4.66. The predicted molar refractivity (Wildman–Crippen MR) is 118 cm³/mol. The maximum atomic E-state index is 13.8. The van der Waals surface area contributed by atoms with Crippen molar-refractivity contribution < 1.29 is 13.5 Å². The van der Waals surface area contributed by atoms with E-state index < -0.39 is 11.6 Å². The lowest BCUT2D eigenvalue weighted by Crippen LogP contribution is -2.40. The van der Waals surface area contributed by atoms with Crippen LogP contribution in [0.2, 0.25) is 0 Å². The molecule has 0 spiro atoms. The second-order valence-corrected chi connectivity index (χ2v) is 8.70. The van der Waals surface area contributed by atoms with Crippen LogP contribution in [0.1, 0.15) is 26.3 Å². The number of hydrogen-bond acceptors (Lipinski definition) is 6. The van der Waals surface area contributed by atoms with Crippen LogP contribution in [-0.2, 0) is 11.3 Å². The molecule has 9 heteroatoms. The fourth-order valence-electron chi connectivity index (χ4n) is 3.40. The molecule has 2 heterocycles. The molecule has 1 unspecified atom stereocenters.